The zero-order valence-corrected chi connectivity index (χ0v) is 9.89. The van der Waals surface area contributed by atoms with Crippen molar-refractivity contribution in [2.45, 2.75) is 18.9 Å². The van der Waals surface area contributed by atoms with E-state index in [0.29, 0.717) is 9.26 Å². The molecule has 0 spiro atoms. The molecule has 2 nitrogen and oxygen atoms in total. The van der Waals surface area contributed by atoms with Gasteiger partial charge in [-0.05, 0) is 28.7 Å². The van der Waals surface area contributed by atoms with Crippen molar-refractivity contribution < 1.29 is 13.9 Å². The number of rotatable bonds is 3. The van der Waals surface area contributed by atoms with E-state index in [4.69, 9.17) is 16.7 Å². The van der Waals surface area contributed by atoms with Crippen LogP contribution in [0, 0.1) is 3.70 Å². The number of aliphatic hydroxyl groups excluding tert-OH is 1. The molecule has 0 aliphatic carbocycles. The summed E-state index contributed by atoms with van der Waals surface area (Å²) in [4.78, 5) is 3.90. The lowest BCUT2D eigenvalue weighted by atomic mass is 10.1. The Morgan fingerprint density at radius 3 is 2.64 bits per heavy atom. The van der Waals surface area contributed by atoms with Gasteiger partial charge < -0.3 is 5.11 Å². The van der Waals surface area contributed by atoms with Crippen LogP contribution in [0.1, 0.15) is 23.2 Å². The molecule has 0 aliphatic rings. The predicted octanol–water partition coefficient (Wildman–Crippen LogP) is 2.85. The van der Waals surface area contributed by atoms with Gasteiger partial charge in [0.2, 0.25) is 0 Å². The minimum atomic E-state index is -2.61. The van der Waals surface area contributed by atoms with E-state index in [0.717, 1.165) is 0 Å². The van der Waals surface area contributed by atoms with Crippen LogP contribution in [0.3, 0.4) is 0 Å². The molecule has 14 heavy (non-hydrogen) atoms. The van der Waals surface area contributed by atoms with Crippen LogP contribution in [0.25, 0.3) is 0 Å². The molecule has 1 rings (SSSR count). The van der Waals surface area contributed by atoms with Crippen molar-refractivity contribution in [1.29, 1.82) is 0 Å². The van der Waals surface area contributed by atoms with Gasteiger partial charge in [-0.3, -0.25) is 0 Å². The second kappa shape index (κ2) is 5.18. The molecule has 6 heteroatoms. The number of aromatic nitrogens is 1. The molecule has 0 atom stereocenters. The van der Waals surface area contributed by atoms with Gasteiger partial charge in [0.1, 0.15) is 3.70 Å². The molecule has 0 saturated carbocycles. The third-order valence-corrected chi connectivity index (χ3v) is 2.88. The lowest BCUT2D eigenvalue weighted by Crippen LogP contribution is -2.02. The van der Waals surface area contributed by atoms with Gasteiger partial charge in [0.05, 0.1) is 18.2 Å². The Bertz CT molecular complexity index is 335. The van der Waals surface area contributed by atoms with Crippen LogP contribution in [-0.4, -0.2) is 10.1 Å². The number of pyridine rings is 1. The summed E-state index contributed by atoms with van der Waals surface area (Å²) < 4.78 is 25.5. The van der Waals surface area contributed by atoms with E-state index < -0.39 is 6.43 Å². The van der Waals surface area contributed by atoms with Crippen molar-refractivity contribution in [3.63, 3.8) is 0 Å². The summed E-state index contributed by atoms with van der Waals surface area (Å²) in [6.07, 6.45) is -2.61. The number of nitrogens with zero attached hydrogens (tertiary/aromatic N) is 1. The second-order valence-electron chi connectivity index (χ2n) is 2.57. The molecule has 0 saturated heterocycles. The number of hydrogen-bond acceptors (Lipinski definition) is 2. The smallest absolute Gasteiger partial charge is 0.265 e. The fraction of sp³-hybridized carbons (Fsp3) is 0.375. The zero-order chi connectivity index (χ0) is 10.7. The van der Waals surface area contributed by atoms with Gasteiger partial charge in [0.25, 0.3) is 6.43 Å². The maximum Gasteiger partial charge on any atom is 0.265 e. The van der Waals surface area contributed by atoms with Gasteiger partial charge in [-0.15, -0.1) is 11.6 Å². The minimum Gasteiger partial charge on any atom is -0.392 e. The third kappa shape index (κ3) is 2.52. The summed E-state index contributed by atoms with van der Waals surface area (Å²) >= 11 is 7.36. The quantitative estimate of drug-likeness (QED) is 0.524. The van der Waals surface area contributed by atoms with Crippen LogP contribution in [0.5, 0.6) is 0 Å². The van der Waals surface area contributed by atoms with Crippen molar-refractivity contribution in [3.05, 3.63) is 26.6 Å². The maximum absolute atomic E-state index is 12.5. The molecular weight excluding hydrogens is 326 g/mol. The van der Waals surface area contributed by atoms with Gasteiger partial charge in [-0.2, -0.15) is 0 Å². The molecular formula is C8H7ClF2INO. The first-order chi connectivity index (χ1) is 6.60. The highest BCUT2D eigenvalue weighted by Gasteiger charge is 2.16. The normalized spacial score (nSPS) is 11.0. The van der Waals surface area contributed by atoms with Crippen molar-refractivity contribution in [2.24, 2.45) is 0 Å². The highest BCUT2D eigenvalue weighted by Crippen LogP contribution is 2.26. The lowest BCUT2D eigenvalue weighted by molar-refractivity contribution is 0.149. The topological polar surface area (TPSA) is 33.1 Å². The Kier molecular flexibility index (Phi) is 4.46. The van der Waals surface area contributed by atoms with Crippen LogP contribution in [0.15, 0.2) is 6.07 Å². The molecule has 0 unspecified atom stereocenters. The van der Waals surface area contributed by atoms with E-state index in [2.05, 4.69) is 4.98 Å². The highest BCUT2D eigenvalue weighted by molar-refractivity contribution is 14.1. The molecule has 1 aromatic heterocycles. The Hall–Kier alpha value is -0.0100. The van der Waals surface area contributed by atoms with E-state index in [1.54, 1.807) is 0 Å². The molecule has 1 N–H and O–H groups in total. The van der Waals surface area contributed by atoms with Crippen molar-refractivity contribution in [3.8, 4) is 0 Å². The Labute approximate surface area is 98.4 Å². The van der Waals surface area contributed by atoms with Gasteiger partial charge >= 0.3 is 0 Å². The molecule has 1 heterocycles. The van der Waals surface area contributed by atoms with E-state index >= 15 is 0 Å². The summed E-state index contributed by atoms with van der Waals surface area (Å²) in [7, 11) is 0. The molecule has 0 bridgehead atoms. The monoisotopic (exact) mass is 333 g/mol. The average molecular weight is 334 g/mol. The van der Waals surface area contributed by atoms with Gasteiger partial charge in [0.15, 0.2) is 0 Å². The van der Waals surface area contributed by atoms with Gasteiger partial charge in [-0.25, -0.2) is 13.8 Å². The average Bonchev–Trinajstić information content (AvgIpc) is 2.16. The Balaban J connectivity index is 3.25. The Morgan fingerprint density at radius 1 is 1.57 bits per heavy atom. The molecule has 0 radical (unpaired) electrons. The lowest BCUT2D eigenvalue weighted by Gasteiger charge is -2.08. The number of halogens is 4. The van der Waals surface area contributed by atoms with E-state index in [1.807, 2.05) is 22.6 Å². The van der Waals surface area contributed by atoms with Crippen LogP contribution < -0.4 is 0 Å². The van der Waals surface area contributed by atoms with Crippen molar-refractivity contribution in [2.75, 3.05) is 0 Å². The first-order valence-electron chi connectivity index (χ1n) is 3.73. The molecule has 0 fully saturated rings. The molecule has 1 aromatic rings. The summed E-state index contributed by atoms with van der Waals surface area (Å²) in [5, 5.41) is 8.87. The predicted molar refractivity (Wildman–Crippen MR) is 57.4 cm³/mol. The van der Waals surface area contributed by atoms with Gasteiger partial charge in [0, 0.05) is 11.1 Å². The largest absolute Gasteiger partial charge is 0.392 e. The van der Waals surface area contributed by atoms with Gasteiger partial charge in [-0.1, -0.05) is 0 Å². The Morgan fingerprint density at radius 2 is 2.21 bits per heavy atom. The minimum absolute atomic E-state index is 0.0542. The summed E-state index contributed by atoms with van der Waals surface area (Å²) in [6.45, 7) is -0.298. The molecule has 78 valence electrons. The zero-order valence-electron chi connectivity index (χ0n) is 6.98. The fourth-order valence-corrected chi connectivity index (χ4v) is 1.82. The SMILES string of the molecule is OCc1cc(C(F)F)c(CCl)nc1I. The maximum atomic E-state index is 12.5. The molecule has 0 aromatic carbocycles. The van der Waals surface area contributed by atoms with Crippen molar-refractivity contribution >= 4 is 34.2 Å². The van der Waals surface area contributed by atoms with E-state index in [9.17, 15) is 8.78 Å². The summed E-state index contributed by atoms with van der Waals surface area (Å²) in [6, 6.07) is 1.25. The first kappa shape index (κ1) is 12.1. The number of alkyl halides is 3. The van der Waals surface area contributed by atoms with Crippen LogP contribution in [0.4, 0.5) is 8.78 Å². The first-order valence-corrected chi connectivity index (χ1v) is 5.34. The third-order valence-electron chi connectivity index (χ3n) is 1.69. The summed E-state index contributed by atoms with van der Waals surface area (Å²) in [5.74, 6) is -0.0542. The van der Waals surface area contributed by atoms with E-state index in [-0.39, 0.29) is 23.7 Å². The highest BCUT2D eigenvalue weighted by atomic mass is 127. The van der Waals surface area contributed by atoms with E-state index in [1.165, 1.54) is 6.07 Å². The van der Waals surface area contributed by atoms with Crippen LogP contribution >= 0.6 is 34.2 Å². The number of hydrogen-bond donors (Lipinski definition) is 1. The second-order valence-corrected chi connectivity index (χ2v) is 3.86. The van der Waals surface area contributed by atoms with Crippen LogP contribution in [0.2, 0.25) is 0 Å². The van der Waals surface area contributed by atoms with Crippen molar-refractivity contribution in [1.82, 2.24) is 4.98 Å². The fourth-order valence-electron chi connectivity index (χ4n) is 0.992. The number of aliphatic hydroxyl groups is 1. The standard InChI is InChI=1S/C8H7ClF2INO/c9-2-6-5(7(10)11)1-4(3-14)8(12)13-6/h1,7,14H,2-3H2. The summed E-state index contributed by atoms with van der Waals surface area (Å²) in [5.41, 5.74) is 0.363. The molecule has 0 amide bonds. The van der Waals surface area contributed by atoms with Crippen LogP contribution in [-0.2, 0) is 12.5 Å². The molecule has 0 aliphatic heterocycles.